The molecule has 0 bridgehead atoms. The lowest BCUT2D eigenvalue weighted by molar-refractivity contribution is -0.119. The van der Waals surface area contributed by atoms with E-state index in [1.807, 2.05) is 35.2 Å². The number of fused-ring (bicyclic) bond motifs is 1. The summed E-state index contributed by atoms with van der Waals surface area (Å²) in [6.07, 6.45) is 1.40. The predicted octanol–water partition coefficient (Wildman–Crippen LogP) is 5.14. The quantitative estimate of drug-likeness (QED) is 0.544. The summed E-state index contributed by atoms with van der Waals surface area (Å²) in [7, 11) is 0. The summed E-state index contributed by atoms with van der Waals surface area (Å²) in [5.41, 5.74) is 6.08. The van der Waals surface area contributed by atoms with E-state index in [1.165, 1.54) is 16.8 Å². The van der Waals surface area contributed by atoms with Gasteiger partial charge in [0.05, 0.1) is 6.54 Å². The van der Waals surface area contributed by atoms with Gasteiger partial charge in [-0.25, -0.2) is 0 Å². The number of aryl methyl sites for hydroxylation is 1. The standard InChI is InChI=1S/C27H28ClN3O/c28-24-9-6-22(7-10-24)19-29-14-16-30(17-15-29)25-11-12-26-23(18-25)8-13-27(32)31(26)20-21-4-2-1-3-5-21/h1-7,9-12,18H,8,13-17,19-20H2. The van der Waals surface area contributed by atoms with Gasteiger partial charge >= 0.3 is 0 Å². The van der Waals surface area contributed by atoms with E-state index in [2.05, 4.69) is 52.3 Å². The molecule has 1 saturated heterocycles. The lowest BCUT2D eigenvalue weighted by Gasteiger charge is -2.37. The second kappa shape index (κ2) is 9.35. The molecule has 5 heteroatoms. The predicted molar refractivity (Wildman–Crippen MR) is 131 cm³/mol. The summed E-state index contributed by atoms with van der Waals surface area (Å²) >= 11 is 6.01. The number of hydrogen-bond acceptors (Lipinski definition) is 3. The fraction of sp³-hybridized carbons (Fsp3) is 0.296. The highest BCUT2D eigenvalue weighted by Crippen LogP contribution is 2.33. The van der Waals surface area contributed by atoms with Crippen molar-refractivity contribution in [2.45, 2.75) is 25.9 Å². The van der Waals surface area contributed by atoms with Crippen LogP contribution in [0.5, 0.6) is 0 Å². The van der Waals surface area contributed by atoms with Gasteiger partial charge in [0.25, 0.3) is 0 Å². The van der Waals surface area contributed by atoms with Gasteiger partial charge in [-0.1, -0.05) is 54.1 Å². The van der Waals surface area contributed by atoms with E-state index in [0.29, 0.717) is 13.0 Å². The minimum Gasteiger partial charge on any atom is -0.369 e. The average Bonchev–Trinajstić information content (AvgIpc) is 2.83. The molecule has 2 aliphatic heterocycles. The lowest BCUT2D eigenvalue weighted by Crippen LogP contribution is -2.46. The molecular formula is C27H28ClN3O. The molecule has 1 fully saturated rings. The van der Waals surface area contributed by atoms with Gasteiger partial charge in [0.1, 0.15) is 0 Å². The molecule has 1 amide bonds. The number of anilines is 2. The van der Waals surface area contributed by atoms with Crippen LogP contribution in [0.4, 0.5) is 11.4 Å². The molecule has 2 aliphatic rings. The SMILES string of the molecule is O=C1CCc2cc(N3CCN(Cc4ccc(Cl)cc4)CC3)ccc2N1Cc1ccccc1. The highest BCUT2D eigenvalue weighted by molar-refractivity contribution is 6.30. The zero-order chi connectivity index (χ0) is 21.9. The number of carbonyl (C=O) groups excluding carboxylic acids is 1. The molecule has 4 nitrogen and oxygen atoms in total. The van der Waals surface area contributed by atoms with Crippen molar-refractivity contribution >= 4 is 28.9 Å². The van der Waals surface area contributed by atoms with Crippen molar-refractivity contribution in [1.29, 1.82) is 0 Å². The summed E-state index contributed by atoms with van der Waals surface area (Å²) in [6.45, 7) is 5.70. The molecule has 0 saturated carbocycles. The van der Waals surface area contributed by atoms with E-state index < -0.39 is 0 Å². The molecule has 3 aromatic rings. The number of piperazine rings is 1. The monoisotopic (exact) mass is 445 g/mol. The number of hydrogen-bond donors (Lipinski definition) is 0. The van der Waals surface area contributed by atoms with Crippen LogP contribution in [0.3, 0.4) is 0 Å². The van der Waals surface area contributed by atoms with Gasteiger partial charge in [-0.15, -0.1) is 0 Å². The molecule has 0 unspecified atom stereocenters. The van der Waals surface area contributed by atoms with Crippen LogP contribution in [0.1, 0.15) is 23.1 Å². The number of rotatable bonds is 5. The van der Waals surface area contributed by atoms with Crippen molar-refractivity contribution in [1.82, 2.24) is 4.90 Å². The zero-order valence-electron chi connectivity index (χ0n) is 18.2. The Labute approximate surface area is 195 Å². The smallest absolute Gasteiger partial charge is 0.227 e. The molecular weight excluding hydrogens is 418 g/mol. The fourth-order valence-electron chi connectivity index (χ4n) is 4.69. The van der Waals surface area contributed by atoms with Gasteiger partial charge in [0, 0.05) is 55.5 Å². The highest BCUT2D eigenvalue weighted by Gasteiger charge is 2.26. The Morgan fingerprint density at radius 1 is 0.750 bits per heavy atom. The van der Waals surface area contributed by atoms with Crippen molar-refractivity contribution < 1.29 is 4.79 Å². The van der Waals surface area contributed by atoms with Gasteiger partial charge in [-0.2, -0.15) is 0 Å². The molecule has 2 heterocycles. The van der Waals surface area contributed by atoms with Gasteiger partial charge in [-0.05, 0) is 53.4 Å². The van der Waals surface area contributed by atoms with Crippen LogP contribution in [0.2, 0.25) is 5.02 Å². The van der Waals surface area contributed by atoms with E-state index in [4.69, 9.17) is 11.6 Å². The maximum Gasteiger partial charge on any atom is 0.227 e. The molecule has 0 spiro atoms. The molecule has 5 rings (SSSR count). The van der Waals surface area contributed by atoms with Gasteiger partial charge in [0.2, 0.25) is 5.91 Å². The van der Waals surface area contributed by atoms with Crippen molar-refractivity contribution in [2.24, 2.45) is 0 Å². The largest absolute Gasteiger partial charge is 0.369 e. The number of halogens is 1. The molecule has 0 radical (unpaired) electrons. The van der Waals surface area contributed by atoms with Crippen LogP contribution in [0.15, 0.2) is 72.8 Å². The Morgan fingerprint density at radius 3 is 2.22 bits per heavy atom. The van der Waals surface area contributed by atoms with Crippen LogP contribution >= 0.6 is 11.6 Å². The molecule has 32 heavy (non-hydrogen) atoms. The molecule has 0 aliphatic carbocycles. The maximum absolute atomic E-state index is 12.7. The second-order valence-electron chi connectivity index (χ2n) is 8.67. The maximum atomic E-state index is 12.7. The van der Waals surface area contributed by atoms with Gasteiger partial charge in [-0.3, -0.25) is 9.69 Å². The number of benzene rings is 3. The highest BCUT2D eigenvalue weighted by atomic mass is 35.5. The number of carbonyl (C=O) groups is 1. The second-order valence-corrected chi connectivity index (χ2v) is 9.10. The summed E-state index contributed by atoms with van der Waals surface area (Å²) in [5, 5.41) is 0.787. The first-order valence-corrected chi connectivity index (χ1v) is 11.7. The van der Waals surface area contributed by atoms with Crippen molar-refractivity contribution in [2.75, 3.05) is 36.0 Å². The van der Waals surface area contributed by atoms with E-state index in [-0.39, 0.29) is 5.91 Å². The third kappa shape index (κ3) is 4.67. The van der Waals surface area contributed by atoms with E-state index in [1.54, 1.807) is 0 Å². The van der Waals surface area contributed by atoms with Crippen molar-refractivity contribution in [3.05, 3.63) is 94.5 Å². The molecule has 0 atom stereocenters. The Morgan fingerprint density at radius 2 is 1.47 bits per heavy atom. The number of nitrogens with zero attached hydrogens (tertiary/aromatic N) is 3. The van der Waals surface area contributed by atoms with Crippen LogP contribution < -0.4 is 9.80 Å². The van der Waals surface area contributed by atoms with E-state index in [9.17, 15) is 4.79 Å². The Bertz CT molecular complexity index is 1080. The first-order valence-electron chi connectivity index (χ1n) is 11.3. The average molecular weight is 446 g/mol. The van der Waals surface area contributed by atoms with E-state index >= 15 is 0 Å². The van der Waals surface area contributed by atoms with Crippen LogP contribution in [-0.4, -0.2) is 37.0 Å². The Balaban J connectivity index is 1.25. The molecule has 3 aromatic carbocycles. The third-order valence-corrected chi connectivity index (χ3v) is 6.76. The minimum absolute atomic E-state index is 0.213. The summed E-state index contributed by atoms with van der Waals surface area (Å²) in [6, 6.07) is 25.0. The molecule has 164 valence electrons. The fourth-order valence-corrected chi connectivity index (χ4v) is 4.82. The molecule has 0 N–H and O–H groups in total. The van der Waals surface area contributed by atoms with Crippen LogP contribution in [0, 0.1) is 0 Å². The van der Waals surface area contributed by atoms with Gasteiger partial charge in [0.15, 0.2) is 0 Å². The summed E-state index contributed by atoms with van der Waals surface area (Å²) in [5.74, 6) is 0.213. The van der Waals surface area contributed by atoms with Gasteiger partial charge < -0.3 is 9.80 Å². The Hall–Kier alpha value is -2.82. The van der Waals surface area contributed by atoms with Crippen molar-refractivity contribution in [3.63, 3.8) is 0 Å². The normalized spacial score (nSPS) is 16.8. The van der Waals surface area contributed by atoms with Crippen molar-refractivity contribution in [3.8, 4) is 0 Å². The van der Waals surface area contributed by atoms with Crippen LogP contribution in [-0.2, 0) is 24.3 Å². The zero-order valence-corrected chi connectivity index (χ0v) is 19.0. The van der Waals surface area contributed by atoms with Crippen LogP contribution in [0.25, 0.3) is 0 Å². The third-order valence-electron chi connectivity index (χ3n) is 6.50. The Kier molecular flexibility index (Phi) is 6.15. The lowest BCUT2D eigenvalue weighted by atomic mass is 9.99. The summed E-state index contributed by atoms with van der Waals surface area (Å²) in [4.78, 5) is 19.6. The first-order chi connectivity index (χ1) is 15.7. The van der Waals surface area contributed by atoms with E-state index in [0.717, 1.165) is 55.4 Å². The topological polar surface area (TPSA) is 26.8 Å². The first kappa shape index (κ1) is 21.0. The number of amides is 1. The summed E-state index contributed by atoms with van der Waals surface area (Å²) < 4.78 is 0. The minimum atomic E-state index is 0.213. The molecule has 0 aromatic heterocycles.